The molecule has 0 amide bonds. The molecular formula is C9H12N4. The van der Waals surface area contributed by atoms with E-state index in [0.717, 1.165) is 17.7 Å². The molecule has 0 spiro atoms. The fraction of sp³-hybridized carbons (Fsp3) is 0.333. The third-order valence-corrected chi connectivity index (χ3v) is 1.58. The fourth-order valence-electron chi connectivity index (χ4n) is 0.921. The molecule has 0 bridgehead atoms. The van der Waals surface area contributed by atoms with Crippen molar-refractivity contribution in [2.24, 2.45) is 15.2 Å². The summed E-state index contributed by atoms with van der Waals surface area (Å²) in [6.07, 6.45) is 6.02. The smallest absolute Gasteiger partial charge is 0.176 e. The average Bonchev–Trinajstić information content (AvgIpc) is 2.15. The average molecular weight is 176 g/mol. The third-order valence-electron chi connectivity index (χ3n) is 1.58. The Balaban J connectivity index is 2.90. The maximum absolute atomic E-state index is 7.47. The van der Waals surface area contributed by atoms with E-state index in [1.165, 1.54) is 0 Å². The summed E-state index contributed by atoms with van der Waals surface area (Å²) in [5.74, 6) is 0.174. The van der Waals surface area contributed by atoms with Gasteiger partial charge in [0, 0.05) is 17.5 Å². The Bertz CT molecular complexity index is 321. The van der Waals surface area contributed by atoms with Gasteiger partial charge in [0.15, 0.2) is 5.84 Å². The molecule has 1 N–H and O–H groups in total. The number of hydrogen-bond donors (Lipinski definition) is 1. The lowest BCUT2D eigenvalue weighted by atomic mass is 10.2. The summed E-state index contributed by atoms with van der Waals surface area (Å²) < 4.78 is 0. The lowest BCUT2D eigenvalue weighted by molar-refractivity contribution is 1.17. The van der Waals surface area contributed by atoms with Crippen molar-refractivity contribution < 1.29 is 0 Å². The highest BCUT2D eigenvalue weighted by molar-refractivity contribution is 6.00. The molecule has 0 aromatic carbocycles. The molecule has 4 heteroatoms. The van der Waals surface area contributed by atoms with E-state index in [9.17, 15) is 0 Å². The Morgan fingerprint density at radius 1 is 1.69 bits per heavy atom. The van der Waals surface area contributed by atoms with E-state index in [-0.39, 0.29) is 5.84 Å². The van der Waals surface area contributed by atoms with Crippen LogP contribution >= 0.6 is 0 Å². The summed E-state index contributed by atoms with van der Waals surface area (Å²) >= 11 is 0. The van der Waals surface area contributed by atoms with E-state index in [1.54, 1.807) is 12.3 Å². The SMILES string of the molecule is CC/C=N\C(C)=C1\C=CN=NC1=N. The number of hydrogen-bond acceptors (Lipinski definition) is 3. The van der Waals surface area contributed by atoms with Crippen LogP contribution in [0.2, 0.25) is 0 Å². The largest absolute Gasteiger partial charge is 0.281 e. The van der Waals surface area contributed by atoms with E-state index in [0.29, 0.717) is 0 Å². The van der Waals surface area contributed by atoms with Crippen molar-refractivity contribution in [3.63, 3.8) is 0 Å². The fourth-order valence-corrected chi connectivity index (χ4v) is 0.921. The van der Waals surface area contributed by atoms with Crippen LogP contribution in [0.1, 0.15) is 20.3 Å². The summed E-state index contributed by atoms with van der Waals surface area (Å²) in [5, 5.41) is 14.7. The quantitative estimate of drug-likeness (QED) is 0.629. The lowest BCUT2D eigenvalue weighted by Gasteiger charge is -2.03. The van der Waals surface area contributed by atoms with Gasteiger partial charge in [0.25, 0.3) is 0 Å². The minimum atomic E-state index is 0.174. The standard InChI is InChI=1S/C9H12N4/c1-3-5-11-7(2)8-4-6-12-13-9(8)10/h4-6,10H,3H2,1-2H3/b8-7-,10-9?,11-5-. The Labute approximate surface area is 77.3 Å². The van der Waals surface area contributed by atoms with Crippen LogP contribution in [0.25, 0.3) is 0 Å². The maximum Gasteiger partial charge on any atom is 0.176 e. The highest BCUT2D eigenvalue weighted by Crippen LogP contribution is 2.13. The zero-order valence-electron chi connectivity index (χ0n) is 7.78. The number of rotatable bonds is 2. The summed E-state index contributed by atoms with van der Waals surface area (Å²) in [4.78, 5) is 4.18. The van der Waals surface area contributed by atoms with Crippen molar-refractivity contribution in [3.05, 3.63) is 23.5 Å². The monoisotopic (exact) mass is 176 g/mol. The van der Waals surface area contributed by atoms with Gasteiger partial charge in [-0.1, -0.05) is 6.92 Å². The van der Waals surface area contributed by atoms with Crippen LogP contribution in [0.4, 0.5) is 0 Å². The highest BCUT2D eigenvalue weighted by atomic mass is 15.1. The van der Waals surface area contributed by atoms with Gasteiger partial charge in [-0.05, 0) is 19.4 Å². The van der Waals surface area contributed by atoms with E-state index in [2.05, 4.69) is 15.2 Å². The molecule has 0 aromatic heterocycles. The minimum Gasteiger partial charge on any atom is -0.281 e. The molecule has 0 saturated heterocycles. The summed E-state index contributed by atoms with van der Waals surface area (Å²) in [5.41, 5.74) is 1.54. The second-order valence-electron chi connectivity index (χ2n) is 2.60. The van der Waals surface area contributed by atoms with E-state index in [4.69, 9.17) is 5.41 Å². The predicted molar refractivity (Wildman–Crippen MR) is 53.2 cm³/mol. The van der Waals surface area contributed by atoms with Gasteiger partial charge in [-0.2, -0.15) is 5.11 Å². The minimum absolute atomic E-state index is 0.174. The molecule has 0 unspecified atom stereocenters. The van der Waals surface area contributed by atoms with Gasteiger partial charge in [0.2, 0.25) is 0 Å². The van der Waals surface area contributed by atoms with Crippen molar-refractivity contribution in [1.29, 1.82) is 5.41 Å². The molecule has 0 saturated carbocycles. The molecule has 13 heavy (non-hydrogen) atoms. The molecule has 68 valence electrons. The van der Waals surface area contributed by atoms with Crippen LogP contribution in [0.15, 0.2) is 38.8 Å². The van der Waals surface area contributed by atoms with Crippen molar-refractivity contribution in [2.75, 3.05) is 0 Å². The molecule has 1 rings (SSSR count). The van der Waals surface area contributed by atoms with Gasteiger partial charge in [-0.25, -0.2) is 0 Å². The summed E-state index contributed by atoms with van der Waals surface area (Å²) in [6, 6.07) is 0. The first-order valence-corrected chi connectivity index (χ1v) is 4.15. The molecule has 1 aliphatic heterocycles. The third kappa shape index (κ3) is 2.43. The summed E-state index contributed by atoms with van der Waals surface area (Å²) in [6.45, 7) is 3.88. The number of azo groups is 1. The van der Waals surface area contributed by atoms with Crippen LogP contribution in [0, 0.1) is 5.41 Å². The molecular weight excluding hydrogens is 164 g/mol. The van der Waals surface area contributed by atoms with Crippen LogP contribution < -0.4 is 0 Å². The van der Waals surface area contributed by atoms with Crippen LogP contribution in [0.3, 0.4) is 0 Å². The Hall–Kier alpha value is -1.58. The molecule has 1 heterocycles. The van der Waals surface area contributed by atoms with Crippen molar-refractivity contribution in [3.8, 4) is 0 Å². The number of aliphatic imine (C=N–C) groups is 1. The zero-order chi connectivity index (χ0) is 9.68. The first-order chi connectivity index (χ1) is 6.25. The van der Waals surface area contributed by atoms with Crippen molar-refractivity contribution in [2.45, 2.75) is 20.3 Å². The van der Waals surface area contributed by atoms with Gasteiger partial charge in [0.05, 0.1) is 6.20 Å². The normalized spacial score (nSPS) is 20.0. The van der Waals surface area contributed by atoms with Gasteiger partial charge in [0.1, 0.15) is 0 Å². The number of nitrogens with one attached hydrogen (secondary N) is 1. The Morgan fingerprint density at radius 3 is 3.08 bits per heavy atom. The molecule has 0 radical (unpaired) electrons. The van der Waals surface area contributed by atoms with Crippen LogP contribution in [-0.2, 0) is 0 Å². The zero-order valence-corrected chi connectivity index (χ0v) is 7.78. The van der Waals surface area contributed by atoms with Gasteiger partial charge in [-0.15, -0.1) is 5.11 Å². The molecule has 1 aliphatic rings. The molecule has 0 aromatic rings. The van der Waals surface area contributed by atoms with Crippen molar-refractivity contribution in [1.82, 2.24) is 0 Å². The number of nitrogens with zero attached hydrogens (tertiary/aromatic N) is 3. The molecule has 0 aliphatic carbocycles. The number of amidine groups is 1. The predicted octanol–water partition coefficient (Wildman–Crippen LogP) is 2.70. The first-order valence-electron chi connectivity index (χ1n) is 4.15. The molecule has 4 nitrogen and oxygen atoms in total. The van der Waals surface area contributed by atoms with Crippen LogP contribution in [-0.4, -0.2) is 12.1 Å². The summed E-state index contributed by atoms with van der Waals surface area (Å²) in [7, 11) is 0. The van der Waals surface area contributed by atoms with Gasteiger partial charge >= 0.3 is 0 Å². The number of allylic oxidation sites excluding steroid dienone is 1. The maximum atomic E-state index is 7.47. The van der Waals surface area contributed by atoms with E-state index < -0.39 is 0 Å². The highest BCUT2D eigenvalue weighted by Gasteiger charge is 2.06. The van der Waals surface area contributed by atoms with E-state index >= 15 is 0 Å². The second kappa shape index (κ2) is 4.45. The molecule has 0 fully saturated rings. The molecule has 0 atom stereocenters. The second-order valence-corrected chi connectivity index (χ2v) is 2.60. The lowest BCUT2D eigenvalue weighted by Crippen LogP contribution is -1.99. The van der Waals surface area contributed by atoms with Crippen LogP contribution in [0.5, 0.6) is 0 Å². The van der Waals surface area contributed by atoms with E-state index in [1.807, 2.05) is 20.1 Å². The van der Waals surface area contributed by atoms with Gasteiger partial charge < -0.3 is 0 Å². The Kier molecular flexibility index (Phi) is 3.25. The van der Waals surface area contributed by atoms with Crippen molar-refractivity contribution >= 4 is 12.1 Å². The topological polar surface area (TPSA) is 60.9 Å². The van der Waals surface area contributed by atoms with Gasteiger partial charge in [-0.3, -0.25) is 10.4 Å². The Morgan fingerprint density at radius 2 is 2.46 bits per heavy atom. The first kappa shape index (κ1) is 9.51.